The van der Waals surface area contributed by atoms with Crippen LogP contribution in [-0.2, 0) is 4.74 Å². The van der Waals surface area contributed by atoms with Gasteiger partial charge in [0, 0.05) is 25.8 Å². The molecule has 1 aliphatic heterocycles. The molecule has 98 valence electrons. The number of nitrogens with one attached hydrogen (secondary N) is 1. The van der Waals surface area contributed by atoms with Crippen LogP contribution in [0.25, 0.3) is 0 Å². The summed E-state index contributed by atoms with van der Waals surface area (Å²) in [7, 11) is 0. The van der Waals surface area contributed by atoms with Crippen LogP contribution >= 0.6 is 15.9 Å². The molecule has 1 aromatic heterocycles. The summed E-state index contributed by atoms with van der Waals surface area (Å²) in [5.74, 6) is 0.505. The van der Waals surface area contributed by atoms with E-state index in [0.29, 0.717) is 16.2 Å². The van der Waals surface area contributed by atoms with Gasteiger partial charge in [0.1, 0.15) is 16.5 Å². The maximum Gasteiger partial charge on any atom is 0.310 e. The van der Waals surface area contributed by atoms with Crippen molar-refractivity contribution in [1.29, 1.82) is 0 Å². The van der Waals surface area contributed by atoms with E-state index in [9.17, 15) is 10.1 Å². The minimum Gasteiger partial charge on any atom is -0.381 e. The summed E-state index contributed by atoms with van der Waals surface area (Å²) in [5, 5.41) is 14.0. The zero-order valence-electron chi connectivity index (χ0n) is 9.76. The molecule has 1 aromatic rings. The lowest BCUT2D eigenvalue weighted by Gasteiger charge is -2.22. The molecule has 7 heteroatoms. The third kappa shape index (κ3) is 3.39. The summed E-state index contributed by atoms with van der Waals surface area (Å²) >= 11 is 3.22. The van der Waals surface area contributed by atoms with Gasteiger partial charge in [0.05, 0.1) is 4.92 Å². The van der Waals surface area contributed by atoms with Crippen LogP contribution in [0.5, 0.6) is 0 Å². The van der Waals surface area contributed by atoms with Gasteiger partial charge in [-0.3, -0.25) is 10.1 Å². The minimum atomic E-state index is -0.425. The molecular formula is C11H14BrN3O3. The van der Waals surface area contributed by atoms with Gasteiger partial charge in [0.2, 0.25) is 0 Å². The van der Waals surface area contributed by atoms with Crippen LogP contribution in [0.4, 0.5) is 11.4 Å². The highest BCUT2D eigenvalue weighted by molar-refractivity contribution is 9.10. The van der Waals surface area contributed by atoms with E-state index in [0.717, 1.165) is 32.6 Å². The van der Waals surface area contributed by atoms with Crippen molar-refractivity contribution < 1.29 is 9.66 Å². The second-order valence-electron chi connectivity index (χ2n) is 4.22. The molecule has 0 spiro atoms. The second kappa shape index (κ2) is 6.10. The maximum atomic E-state index is 10.9. The average Bonchev–Trinajstić information content (AvgIpc) is 2.37. The summed E-state index contributed by atoms with van der Waals surface area (Å²) < 4.78 is 5.87. The quantitative estimate of drug-likeness (QED) is 0.525. The van der Waals surface area contributed by atoms with Crippen molar-refractivity contribution in [1.82, 2.24) is 4.98 Å². The van der Waals surface area contributed by atoms with Crippen LogP contribution in [0.3, 0.4) is 0 Å². The standard InChI is InChI=1S/C11H14BrN3O3/c12-11-5-9(10(7-14-11)15(16)17)13-6-8-1-3-18-4-2-8/h5,7-8H,1-4,6H2,(H,13,14). The maximum absolute atomic E-state index is 10.9. The first-order chi connectivity index (χ1) is 8.66. The van der Waals surface area contributed by atoms with Gasteiger partial charge >= 0.3 is 5.69 Å². The van der Waals surface area contributed by atoms with E-state index in [1.54, 1.807) is 6.07 Å². The summed E-state index contributed by atoms with van der Waals surface area (Å²) in [4.78, 5) is 14.3. The molecule has 1 aliphatic rings. The molecule has 1 saturated heterocycles. The Morgan fingerprint density at radius 1 is 1.56 bits per heavy atom. The molecule has 0 radical (unpaired) electrons. The Morgan fingerprint density at radius 3 is 2.94 bits per heavy atom. The number of rotatable bonds is 4. The Morgan fingerprint density at radius 2 is 2.28 bits per heavy atom. The molecule has 0 amide bonds. The first-order valence-corrected chi connectivity index (χ1v) is 6.57. The van der Waals surface area contributed by atoms with Crippen LogP contribution < -0.4 is 5.32 Å². The minimum absolute atomic E-state index is 0.00487. The molecule has 18 heavy (non-hydrogen) atoms. The Balaban J connectivity index is 2.03. The van der Waals surface area contributed by atoms with E-state index in [2.05, 4.69) is 26.2 Å². The van der Waals surface area contributed by atoms with E-state index in [1.807, 2.05) is 0 Å². The lowest BCUT2D eigenvalue weighted by molar-refractivity contribution is -0.384. The Kier molecular flexibility index (Phi) is 4.48. The lowest BCUT2D eigenvalue weighted by atomic mass is 10.0. The molecule has 2 rings (SSSR count). The molecular weight excluding hydrogens is 302 g/mol. The Bertz CT molecular complexity index is 436. The Labute approximate surface area is 113 Å². The van der Waals surface area contributed by atoms with Gasteiger partial charge in [-0.05, 0) is 34.7 Å². The highest BCUT2D eigenvalue weighted by Crippen LogP contribution is 2.26. The predicted molar refractivity (Wildman–Crippen MR) is 70.6 cm³/mol. The number of hydrogen-bond acceptors (Lipinski definition) is 5. The number of nitrogens with zero attached hydrogens (tertiary/aromatic N) is 2. The average molecular weight is 316 g/mol. The molecule has 0 saturated carbocycles. The van der Waals surface area contributed by atoms with E-state index < -0.39 is 4.92 Å². The van der Waals surface area contributed by atoms with E-state index in [1.165, 1.54) is 6.20 Å². The SMILES string of the molecule is O=[N+]([O-])c1cnc(Br)cc1NCC1CCOCC1. The monoisotopic (exact) mass is 315 g/mol. The fourth-order valence-corrected chi connectivity index (χ4v) is 2.25. The number of hydrogen-bond donors (Lipinski definition) is 1. The smallest absolute Gasteiger partial charge is 0.310 e. The zero-order valence-corrected chi connectivity index (χ0v) is 11.4. The molecule has 0 aromatic carbocycles. The Hall–Kier alpha value is -1.21. The predicted octanol–water partition coefficient (Wildman–Crippen LogP) is 2.59. The molecule has 0 aliphatic carbocycles. The molecule has 0 bridgehead atoms. The van der Waals surface area contributed by atoms with Gasteiger partial charge in [-0.2, -0.15) is 0 Å². The van der Waals surface area contributed by atoms with Crippen LogP contribution in [-0.4, -0.2) is 29.7 Å². The number of anilines is 1. The fraction of sp³-hybridized carbons (Fsp3) is 0.545. The van der Waals surface area contributed by atoms with Crippen LogP contribution in [0.2, 0.25) is 0 Å². The van der Waals surface area contributed by atoms with Gasteiger partial charge in [-0.15, -0.1) is 0 Å². The zero-order chi connectivity index (χ0) is 13.0. The highest BCUT2D eigenvalue weighted by Gasteiger charge is 2.18. The normalized spacial score (nSPS) is 16.5. The second-order valence-corrected chi connectivity index (χ2v) is 5.03. The number of nitro groups is 1. The largest absolute Gasteiger partial charge is 0.381 e. The fourth-order valence-electron chi connectivity index (χ4n) is 1.91. The van der Waals surface area contributed by atoms with E-state index in [-0.39, 0.29) is 5.69 Å². The third-order valence-electron chi connectivity index (χ3n) is 2.97. The highest BCUT2D eigenvalue weighted by atomic mass is 79.9. The van der Waals surface area contributed by atoms with Crippen LogP contribution in [0, 0.1) is 16.0 Å². The van der Waals surface area contributed by atoms with Gasteiger partial charge < -0.3 is 10.1 Å². The number of ether oxygens (including phenoxy) is 1. The van der Waals surface area contributed by atoms with Crippen molar-refractivity contribution in [2.45, 2.75) is 12.8 Å². The lowest BCUT2D eigenvalue weighted by Crippen LogP contribution is -2.22. The molecule has 1 N–H and O–H groups in total. The van der Waals surface area contributed by atoms with Gasteiger partial charge in [-0.1, -0.05) is 0 Å². The molecule has 0 unspecified atom stereocenters. The summed E-state index contributed by atoms with van der Waals surface area (Å²) in [6.45, 7) is 2.27. The van der Waals surface area contributed by atoms with Crippen molar-refractivity contribution in [2.24, 2.45) is 5.92 Å². The van der Waals surface area contributed by atoms with Gasteiger partial charge in [0.25, 0.3) is 0 Å². The van der Waals surface area contributed by atoms with Crippen molar-refractivity contribution >= 4 is 27.3 Å². The van der Waals surface area contributed by atoms with Crippen molar-refractivity contribution in [2.75, 3.05) is 25.1 Å². The topological polar surface area (TPSA) is 77.3 Å². The van der Waals surface area contributed by atoms with E-state index >= 15 is 0 Å². The molecule has 0 atom stereocenters. The molecule has 6 nitrogen and oxygen atoms in total. The summed E-state index contributed by atoms with van der Waals surface area (Å²) in [6.07, 6.45) is 3.25. The number of pyridine rings is 1. The van der Waals surface area contributed by atoms with Gasteiger partial charge in [0.15, 0.2) is 0 Å². The third-order valence-corrected chi connectivity index (χ3v) is 3.40. The van der Waals surface area contributed by atoms with Crippen LogP contribution in [0.1, 0.15) is 12.8 Å². The first kappa shape index (κ1) is 13.2. The van der Waals surface area contributed by atoms with Crippen molar-refractivity contribution in [3.05, 3.63) is 27.0 Å². The van der Waals surface area contributed by atoms with Gasteiger partial charge in [-0.25, -0.2) is 4.98 Å². The molecule has 1 fully saturated rings. The number of halogens is 1. The van der Waals surface area contributed by atoms with Crippen LogP contribution in [0.15, 0.2) is 16.9 Å². The summed E-state index contributed by atoms with van der Waals surface area (Å²) in [5.41, 5.74) is 0.513. The van der Waals surface area contributed by atoms with Crippen molar-refractivity contribution in [3.8, 4) is 0 Å². The van der Waals surface area contributed by atoms with Crippen molar-refractivity contribution in [3.63, 3.8) is 0 Å². The number of aromatic nitrogens is 1. The first-order valence-electron chi connectivity index (χ1n) is 5.78. The van der Waals surface area contributed by atoms with E-state index in [4.69, 9.17) is 4.74 Å². The molecule has 2 heterocycles. The summed E-state index contributed by atoms with van der Waals surface area (Å²) in [6, 6.07) is 1.64.